The lowest BCUT2D eigenvalue weighted by atomic mass is 10.2. The van der Waals surface area contributed by atoms with Crippen molar-refractivity contribution in [2.24, 2.45) is 0 Å². The largest absolute Gasteiger partial charge is 0.360 e. The van der Waals surface area contributed by atoms with Gasteiger partial charge in [0.15, 0.2) is 0 Å². The standard InChI is InChI=1S/C9H17NO3S/c1-2-3-7-14(11,12)10-8-5-4-6-13-9(8)10/h8-9H,2-7H2,1H3/t8-,9-,10?/m0/s1. The van der Waals surface area contributed by atoms with Gasteiger partial charge in [0.2, 0.25) is 10.0 Å². The molecular formula is C9H17NO3S. The van der Waals surface area contributed by atoms with Crippen LogP contribution in [0, 0.1) is 0 Å². The SMILES string of the molecule is CCCCS(=O)(=O)N1[C@H]2CCCO[C@@H]21. The first kappa shape index (κ1) is 10.4. The van der Waals surface area contributed by atoms with Crippen molar-refractivity contribution in [2.75, 3.05) is 12.4 Å². The summed E-state index contributed by atoms with van der Waals surface area (Å²) in [5.74, 6) is 0.278. The van der Waals surface area contributed by atoms with Gasteiger partial charge in [0.25, 0.3) is 0 Å². The van der Waals surface area contributed by atoms with Crippen molar-refractivity contribution < 1.29 is 13.2 Å². The van der Waals surface area contributed by atoms with E-state index in [1.165, 1.54) is 0 Å². The molecule has 0 aromatic carbocycles. The third-order valence-corrected chi connectivity index (χ3v) is 4.75. The molecule has 0 saturated carbocycles. The van der Waals surface area contributed by atoms with Crippen molar-refractivity contribution in [3.63, 3.8) is 0 Å². The lowest BCUT2D eigenvalue weighted by molar-refractivity contribution is 0.0787. The molecule has 0 amide bonds. The molecule has 0 radical (unpaired) electrons. The Balaban J connectivity index is 1.96. The van der Waals surface area contributed by atoms with E-state index in [-0.39, 0.29) is 18.0 Å². The Morgan fingerprint density at radius 2 is 2.29 bits per heavy atom. The van der Waals surface area contributed by atoms with Crippen molar-refractivity contribution in [3.8, 4) is 0 Å². The lowest BCUT2D eigenvalue weighted by Gasteiger charge is -2.05. The summed E-state index contributed by atoms with van der Waals surface area (Å²) >= 11 is 0. The number of hydrogen-bond donors (Lipinski definition) is 0. The Hall–Kier alpha value is -0.130. The molecular weight excluding hydrogens is 202 g/mol. The number of fused-ring (bicyclic) bond motifs is 1. The summed E-state index contributed by atoms with van der Waals surface area (Å²) in [6.07, 6.45) is 3.50. The molecule has 0 spiro atoms. The molecule has 4 nitrogen and oxygen atoms in total. The molecule has 0 aromatic rings. The molecule has 3 atom stereocenters. The zero-order valence-electron chi connectivity index (χ0n) is 8.48. The number of ether oxygens (including phenoxy) is 1. The first-order valence-electron chi connectivity index (χ1n) is 5.29. The second-order valence-corrected chi connectivity index (χ2v) is 5.96. The lowest BCUT2D eigenvalue weighted by Crippen LogP contribution is -2.19. The summed E-state index contributed by atoms with van der Waals surface area (Å²) in [6.45, 7) is 2.71. The second kappa shape index (κ2) is 3.79. The molecule has 2 saturated heterocycles. The molecule has 1 unspecified atom stereocenters. The van der Waals surface area contributed by atoms with Crippen LogP contribution in [0.1, 0.15) is 32.6 Å². The van der Waals surface area contributed by atoms with E-state index < -0.39 is 10.0 Å². The van der Waals surface area contributed by atoms with E-state index in [0.717, 1.165) is 25.7 Å². The molecule has 5 heteroatoms. The van der Waals surface area contributed by atoms with E-state index in [1.807, 2.05) is 6.92 Å². The predicted octanol–water partition coefficient (Wildman–Crippen LogP) is 0.937. The highest BCUT2D eigenvalue weighted by Gasteiger charge is 2.56. The average molecular weight is 219 g/mol. The smallest absolute Gasteiger partial charge is 0.216 e. The maximum Gasteiger partial charge on any atom is 0.216 e. The molecule has 14 heavy (non-hydrogen) atoms. The highest BCUT2D eigenvalue weighted by atomic mass is 32.2. The van der Waals surface area contributed by atoms with Gasteiger partial charge in [-0.1, -0.05) is 13.3 Å². The molecule has 2 heterocycles. The normalized spacial score (nSPS) is 36.5. The first-order valence-corrected chi connectivity index (χ1v) is 6.90. The van der Waals surface area contributed by atoms with Crippen molar-refractivity contribution in [3.05, 3.63) is 0 Å². The monoisotopic (exact) mass is 219 g/mol. The molecule has 2 rings (SSSR count). The summed E-state index contributed by atoms with van der Waals surface area (Å²) < 4.78 is 30.5. The van der Waals surface area contributed by atoms with Crippen LogP contribution in [0.15, 0.2) is 0 Å². The van der Waals surface area contributed by atoms with Crippen LogP contribution < -0.4 is 0 Å². The fourth-order valence-corrected chi connectivity index (χ4v) is 3.93. The summed E-state index contributed by atoms with van der Waals surface area (Å²) in [4.78, 5) is 0. The maximum absolute atomic E-state index is 11.8. The van der Waals surface area contributed by atoms with Crippen LogP contribution in [-0.4, -0.2) is 37.4 Å². The number of sulfonamides is 1. The Labute approximate surface area is 85.3 Å². The molecule has 2 aliphatic rings. The highest BCUT2D eigenvalue weighted by Crippen LogP contribution is 2.39. The average Bonchev–Trinajstić information content (AvgIpc) is 2.89. The quantitative estimate of drug-likeness (QED) is 0.661. The van der Waals surface area contributed by atoms with Gasteiger partial charge in [-0.25, -0.2) is 8.42 Å². The number of nitrogens with zero attached hydrogens (tertiary/aromatic N) is 1. The summed E-state index contributed by atoms with van der Waals surface area (Å²) in [7, 11) is -3.02. The van der Waals surface area contributed by atoms with Gasteiger partial charge in [-0.15, -0.1) is 0 Å². The Morgan fingerprint density at radius 3 is 2.86 bits per heavy atom. The maximum atomic E-state index is 11.8. The summed E-state index contributed by atoms with van der Waals surface area (Å²) in [5, 5.41) is 0. The number of unbranched alkanes of at least 4 members (excludes halogenated alkanes) is 1. The fraction of sp³-hybridized carbons (Fsp3) is 1.00. The number of hydrogen-bond acceptors (Lipinski definition) is 3. The molecule has 0 aliphatic carbocycles. The molecule has 0 bridgehead atoms. The Morgan fingerprint density at radius 1 is 1.50 bits per heavy atom. The summed E-state index contributed by atoms with van der Waals surface area (Å²) in [5.41, 5.74) is 0. The Bertz CT molecular complexity index is 289. The second-order valence-electron chi connectivity index (χ2n) is 3.97. The van der Waals surface area contributed by atoms with Crippen LogP contribution in [-0.2, 0) is 14.8 Å². The fourth-order valence-electron chi connectivity index (χ4n) is 1.98. The van der Waals surface area contributed by atoms with Crippen molar-refractivity contribution >= 4 is 10.0 Å². The zero-order chi connectivity index (χ0) is 10.2. The van der Waals surface area contributed by atoms with Crippen LogP contribution in [0.2, 0.25) is 0 Å². The summed E-state index contributed by atoms with van der Waals surface area (Å²) in [6, 6.07) is 0.158. The molecule has 2 fully saturated rings. The van der Waals surface area contributed by atoms with Crippen LogP contribution in [0.3, 0.4) is 0 Å². The minimum atomic E-state index is -3.02. The van der Waals surface area contributed by atoms with E-state index in [9.17, 15) is 8.42 Å². The molecule has 2 aliphatic heterocycles. The molecule has 0 N–H and O–H groups in total. The van der Waals surface area contributed by atoms with Gasteiger partial charge in [0.05, 0.1) is 11.8 Å². The van der Waals surface area contributed by atoms with Crippen LogP contribution in [0.5, 0.6) is 0 Å². The van der Waals surface area contributed by atoms with Crippen molar-refractivity contribution in [1.29, 1.82) is 0 Å². The van der Waals surface area contributed by atoms with Gasteiger partial charge in [0, 0.05) is 6.61 Å². The van der Waals surface area contributed by atoms with Crippen LogP contribution in [0.4, 0.5) is 0 Å². The zero-order valence-corrected chi connectivity index (χ0v) is 9.29. The first-order chi connectivity index (χ1) is 6.67. The van der Waals surface area contributed by atoms with Crippen molar-refractivity contribution in [1.82, 2.24) is 4.31 Å². The van der Waals surface area contributed by atoms with Crippen molar-refractivity contribution in [2.45, 2.75) is 44.9 Å². The van der Waals surface area contributed by atoms with Gasteiger partial charge in [-0.05, 0) is 19.3 Å². The van der Waals surface area contributed by atoms with Gasteiger partial charge in [0.1, 0.15) is 6.23 Å². The van der Waals surface area contributed by atoms with E-state index >= 15 is 0 Å². The van der Waals surface area contributed by atoms with Gasteiger partial charge >= 0.3 is 0 Å². The van der Waals surface area contributed by atoms with Crippen LogP contribution in [0.25, 0.3) is 0 Å². The minimum absolute atomic E-state index is 0.120. The van der Waals surface area contributed by atoms with Gasteiger partial charge in [-0.3, -0.25) is 0 Å². The van der Waals surface area contributed by atoms with E-state index in [2.05, 4.69) is 0 Å². The molecule has 82 valence electrons. The van der Waals surface area contributed by atoms with E-state index in [4.69, 9.17) is 4.74 Å². The Kier molecular flexibility index (Phi) is 2.81. The highest BCUT2D eigenvalue weighted by molar-refractivity contribution is 7.89. The van der Waals surface area contributed by atoms with Gasteiger partial charge in [-0.2, -0.15) is 4.31 Å². The van der Waals surface area contributed by atoms with E-state index in [1.54, 1.807) is 4.31 Å². The third-order valence-electron chi connectivity index (χ3n) is 2.83. The minimum Gasteiger partial charge on any atom is -0.360 e. The predicted molar refractivity (Wildman–Crippen MR) is 53.3 cm³/mol. The third kappa shape index (κ3) is 1.81. The van der Waals surface area contributed by atoms with Crippen LogP contribution >= 0.6 is 0 Å². The molecule has 0 aromatic heterocycles. The number of rotatable bonds is 4. The van der Waals surface area contributed by atoms with E-state index in [0.29, 0.717) is 6.61 Å². The van der Waals surface area contributed by atoms with Gasteiger partial charge < -0.3 is 4.74 Å². The topological polar surface area (TPSA) is 46.4 Å².